The summed E-state index contributed by atoms with van der Waals surface area (Å²) in [6, 6.07) is 78.0. The summed E-state index contributed by atoms with van der Waals surface area (Å²) in [5, 5.41) is 2.21. The van der Waals surface area contributed by atoms with Gasteiger partial charge >= 0.3 is 0 Å². The standard InChI is InChI=1S/C58H41NO/c1-57(2)48-28-12-9-24-44(48)45-35-34-42(37-51(45)57)59(52-31-17-33-54-56(52)47-26-11-14-32-53(47)60-54)41-23-15-18-38(36-41)43-27-16-30-50-55(43)46-25-10-13-29-49(46)58(50,39-19-5-3-6-20-39)40-21-7-4-8-22-40/h3-37H,1-2H3. The van der Waals surface area contributed by atoms with Crippen molar-refractivity contribution < 1.29 is 4.42 Å². The van der Waals surface area contributed by atoms with E-state index in [0.717, 1.165) is 39.0 Å². The van der Waals surface area contributed by atoms with Crippen molar-refractivity contribution in [1.29, 1.82) is 0 Å². The number of furan rings is 1. The molecule has 1 heterocycles. The van der Waals surface area contributed by atoms with E-state index < -0.39 is 5.41 Å². The molecule has 0 N–H and O–H groups in total. The molecular formula is C58H41NO. The molecule has 2 nitrogen and oxygen atoms in total. The van der Waals surface area contributed by atoms with Gasteiger partial charge in [-0.05, 0) is 109 Å². The molecule has 0 saturated heterocycles. The minimum absolute atomic E-state index is 0.147. The minimum atomic E-state index is -0.471. The Bertz CT molecular complexity index is 3260. The van der Waals surface area contributed by atoms with Gasteiger partial charge in [0.1, 0.15) is 11.2 Å². The Morgan fingerprint density at radius 3 is 1.78 bits per heavy atom. The van der Waals surface area contributed by atoms with Gasteiger partial charge in [0.05, 0.1) is 16.5 Å². The van der Waals surface area contributed by atoms with Crippen molar-refractivity contribution in [2.45, 2.75) is 24.7 Å². The number of para-hydroxylation sites is 1. The zero-order valence-corrected chi connectivity index (χ0v) is 33.6. The minimum Gasteiger partial charge on any atom is -0.456 e. The van der Waals surface area contributed by atoms with E-state index in [4.69, 9.17) is 4.42 Å². The van der Waals surface area contributed by atoms with E-state index in [2.05, 4.69) is 225 Å². The van der Waals surface area contributed by atoms with E-state index >= 15 is 0 Å². The summed E-state index contributed by atoms with van der Waals surface area (Å²) in [6.07, 6.45) is 0. The van der Waals surface area contributed by atoms with Crippen molar-refractivity contribution in [3.63, 3.8) is 0 Å². The molecule has 2 aliphatic rings. The van der Waals surface area contributed by atoms with E-state index in [1.165, 1.54) is 66.8 Å². The van der Waals surface area contributed by atoms with Crippen LogP contribution in [-0.4, -0.2) is 0 Å². The Labute approximate surface area is 350 Å². The summed E-state index contributed by atoms with van der Waals surface area (Å²) < 4.78 is 6.51. The van der Waals surface area contributed by atoms with Crippen molar-refractivity contribution in [3.8, 4) is 33.4 Å². The van der Waals surface area contributed by atoms with Crippen LogP contribution in [0.4, 0.5) is 17.1 Å². The fourth-order valence-corrected chi connectivity index (χ4v) is 10.7. The number of hydrogen-bond acceptors (Lipinski definition) is 2. The molecule has 0 radical (unpaired) electrons. The number of anilines is 3. The molecule has 284 valence electrons. The molecule has 10 aromatic rings. The van der Waals surface area contributed by atoms with Gasteiger partial charge in [0, 0.05) is 22.2 Å². The number of fused-ring (bicyclic) bond motifs is 9. The molecule has 60 heavy (non-hydrogen) atoms. The third kappa shape index (κ3) is 4.82. The first-order chi connectivity index (χ1) is 29.5. The highest BCUT2D eigenvalue weighted by Crippen LogP contribution is 2.59. The topological polar surface area (TPSA) is 16.4 Å². The fraction of sp³-hybridized carbons (Fsp3) is 0.0690. The average molecular weight is 768 g/mol. The summed E-state index contributed by atoms with van der Waals surface area (Å²) in [6.45, 7) is 4.71. The molecular weight excluding hydrogens is 727 g/mol. The Morgan fingerprint density at radius 1 is 0.400 bits per heavy atom. The first-order valence-electron chi connectivity index (χ1n) is 20.9. The molecule has 9 aromatic carbocycles. The Morgan fingerprint density at radius 2 is 0.983 bits per heavy atom. The van der Waals surface area contributed by atoms with E-state index in [0.29, 0.717) is 0 Å². The second-order valence-electron chi connectivity index (χ2n) is 16.8. The molecule has 0 bridgehead atoms. The summed E-state index contributed by atoms with van der Waals surface area (Å²) >= 11 is 0. The van der Waals surface area contributed by atoms with Crippen molar-refractivity contribution in [2.75, 3.05) is 4.90 Å². The Balaban J connectivity index is 1.10. The predicted octanol–water partition coefficient (Wildman–Crippen LogP) is 15.4. The molecule has 12 rings (SSSR count). The van der Waals surface area contributed by atoms with Crippen LogP contribution in [0.15, 0.2) is 217 Å². The summed E-state index contributed by atoms with van der Waals surface area (Å²) in [4.78, 5) is 2.45. The lowest BCUT2D eigenvalue weighted by Gasteiger charge is -2.34. The number of rotatable bonds is 6. The van der Waals surface area contributed by atoms with Crippen LogP contribution >= 0.6 is 0 Å². The first kappa shape index (κ1) is 34.6. The van der Waals surface area contributed by atoms with Crippen LogP contribution in [0.1, 0.15) is 47.2 Å². The lowest BCUT2D eigenvalue weighted by molar-refractivity contribution is 0.660. The maximum Gasteiger partial charge on any atom is 0.137 e. The molecule has 0 aliphatic heterocycles. The number of benzene rings is 9. The van der Waals surface area contributed by atoms with Gasteiger partial charge in [0.15, 0.2) is 0 Å². The molecule has 2 heteroatoms. The van der Waals surface area contributed by atoms with Gasteiger partial charge in [-0.1, -0.05) is 184 Å². The highest BCUT2D eigenvalue weighted by atomic mass is 16.3. The van der Waals surface area contributed by atoms with Gasteiger partial charge < -0.3 is 9.32 Å². The maximum absolute atomic E-state index is 6.51. The predicted molar refractivity (Wildman–Crippen MR) is 249 cm³/mol. The third-order valence-electron chi connectivity index (χ3n) is 13.3. The highest BCUT2D eigenvalue weighted by molar-refractivity contribution is 6.13. The van der Waals surface area contributed by atoms with Crippen LogP contribution in [0.25, 0.3) is 55.3 Å². The lowest BCUT2D eigenvalue weighted by atomic mass is 9.67. The Hall–Kier alpha value is -7.42. The molecule has 0 unspecified atom stereocenters. The molecule has 0 fully saturated rings. The normalized spacial score (nSPS) is 14.1. The van der Waals surface area contributed by atoms with Crippen LogP contribution in [0.3, 0.4) is 0 Å². The molecule has 1 aromatic heterocycles. The van der Waals surface area contributed by atoms with E-state index in [1.807, 2.05) is 6.07 Å². The van der Waals surface area contributed by atoms with Crippen molar-refractivity contribution in [2.24, 2.45) is 0 Å². The summed E-state index contributed by atoms with van der Waals surface area (Å²) in [5.74, 6) is 0. The molecule has 0 atom stereocenters. The zero-order chi connectivity index (χ0) is 40.0. The number of nitrogens with zero attached hydrogens (tertiary/aromatic N) is 1. The molecule has 0 saturated carbocycles. The third-order valence-corrected chi connectivity index (χ3v) is 13.3. The van der Waals surface area contributed by atoms with E-state index in [1.54, 1.807) is 0 Å². The van der Waals surface area contributed by atoms with Gasteiger partial charge in [0.2, 0.25) is 0 Å². The van der Waals surface area contributed by atoms with Gasteiger partial charge in [-0.3, -0.25) is 0 Å². The zero-order valence-electron chi connectivity index (χ0n) is 33.6. The van der Waals surface area contributed by atoms with Crippen LogP contribution in [0.2, 0.25) is 0 Å². The monoisotopic (exact) mass is 767 g/mol. The quantitative estimate of drug-likeness (QED) is 0.168. The van der Waals surface area contributed by atoms with Crippen molar-refractivity contribution in [1.82, 2.24) is 0 Å². The van der Waals surface area contributed by atoms with Crippen LogP contribution in [-0.2, 0) is 10.8 Å². The fourth-order valence-electron chi connectivity index (χ4n) is 10.7. The average Bonchev–Trinajstić information content (AvgIpc) is 3.92. The summed E-state index contributed by atoms with van der Waals surface area (Å²) in [7, 11) is 0. The van der Waals surface area contributed by atoms with Crippen molar-refractivity contribution >= 4 is 39.0 Å². The van der Waals surface area contributed by atoms with Crippen molar-refractivity contribution in [3.05, 3.63) is 246 Å². The second-order valence-corrected chi connectivity index (χ2v) is 16.8. The summed E-state index contributed by atoms with van der Waals surface area (Å²) in [5.41, 5.74) is 19.8. The molecule has 2 aliphatic carbocycles. The van der Waals surface area contributed by atoms with Crippen LogP contribution < -0.4 is 4.90 Å². The largest absolute Gasteiger partial charge is 0.456 e. The first-order valence-corrected chi connectivity index (χ1v) is 20.9. The van der Waals surface area contributed by atoms with E-state index in [9.17, 15) is 0 Å². The van der Waals surface area contributed by atoms with Crippen LogP contribution in [0, 0.1) is 0 Å². The van der Waals surface area contributed by atoms with Gasteiger partial charge in [-0.15, -0.1) is 0 Å². The maximum atomic E-state index is 6.51. The number of hydrogen-bond donors (Lipinski definition) is 0. The highest BCUT2D eigenvalue weighted by Gasteiger charge is 2.46. The van der Waals surface area contributed by atoms with Crippen LogP contribution in [0.5, 0.6) is 0 Å². The smallest absolute Gasteiger partial charge is 0.137 e. The van der Waals surface area contributed by atoms with Gasteiger partial charge in [-0.2, -0.15) is 0 Å². The lowest BCUT2D eigenvalue weighted by Crippen LogP contribution is -2.28. The van der Waals surface area contributed by atoms with Gasteiger partial charge in [0.25, 0.3) is 0 Å². The molecule has 0 amide bonds. The SMILES string of the molecule is CC1(C)c2ccccc2-c2ccc(N(c3cccc(-c4cccc5c4-c4ccccc4C5(c4ccccc4)c4ccccc4)c3)c3cccc4oc5ccccc5c34)cc21. The van der Waals surface area contributed by atoms with Gasteiger partial charge in [-0.25, -0.2) is 0 Å². The molecule has 0 spiro atoms. The van der Waals surface area contributed by atoms with E-state index in [-0.39, 0.29) is 5.41 Å². The second kappa shape index (κ2) is 13.0. The Kier molecular flexibility index (Phi) is 7.52.